The van der Waals surface area contributed by atoms with Crippen molar-refractivity contribution in [2.45, 2.75) is 199 Å². The van der Waals surface area contributed by atoms with Gasteiger partial charge in [-0.2, -0.15) is 0 Å². The molecule has 0 spiro atoms. The number of hydrogen-bond donors (Lipinski definition) is 0. The van der Waals surface area contributed by atoms with Gasteiger partial charge in [0.2, 0.25) is 0 Å². The number of carbonyl (C=O) groups excluding carboxylic acids is 3. The zero-order valence-corrected chi connectivity index (χ0v) is 37.9. The topological polar surface area (TPSA) is 102 Å². The summed E-state index contributed by atoms with van der Waals surface area (Å²) in [6.45, 7) is 4.56. The first-order valence-electron chi connectivity index (χ1n) is 23.4. The second-order valence-corrected chi connectivity index (χ2v) is 16.8. The van der Waals surface area contributed by atoms with Gasteiger partial charge in [-0.3, -0.25) is 9.59 Å². The van der Waals surface area contributed by atoms with Gasteiger partial charge in [0.1, 0.15) is 12.6 Å². The Morgan fingerprint density at radius 1 is 0.517 bits per heavy atom. The van der Waals surface area contributed by atoms with E-state index in [1.807, 2.05) is 36.5 Å². The first-order chi connectivity index (χ1) is 28.1. The molecule has 0 rings (SSSR count). The third-order valence-electron chi connectivity index (χ3n) is 10.3. The van der Waals surface area contributed by atoms with Crippen molar-refractivity contribution in [3.8, 4) is 0 Å². The number of carbonyl (C=O) groups is 3. The van der Waals surface area contributed by atoms with E-state index in [1.54, 1.807) is 21.1 Å². The van der Waals surface area contributed by atoms with Crippen LogP contribution in [0.4, 0.5) is 0 Å². The molecule has 0 amide bonds. The van der Waals surface area contributed by atoms with E-state index in [1.165, 1.54) is 89.9 Å². The number of allylic oxidation sites excluding steroid dienone is 10. The number of likely N-dealkylation sites (N-methyl/N-ethyl adjacent to an activating group) is 1. The lowest BCUT2D eigenvalue weighted by Crippen LogP contribution is -2.55. The number of esters is 2. The molecule has 0 N–H and O–H groups in total. The van der Waals surface area contributed by atoms with Crippen LogP contribution in [0.1, 0.15) is 187 Å². The zero-order valence-electron chi connectivity index (χ0n) is 37.9. The minimum Gasteiger partial charge on any atom is -0.544 e. The summed E-state index contributed by atoms with van der Waals surface area (Å²) in [5.41, 5.74) is 0. The van der Waals surface area contributed by atoms with Gasteiger partial charge >= 0.3 is 11.9 Å². The van der Waals surface area contributed by atoms with Gasteiger partial charge in [-0.1, -0.05) is 197 Å². The Kier molecular flexibility index (Phi) is 38.7. The summed E-state index contributed by atoms with van der Waals surface area (Å²) in [5, 5.41) is 11.6. The Labute approximate surface area is 356 Å². The highest BCUT2D eigenvalue weighted by molar-refractivity contribution is 5.70. The minimum atomic E-state index is -1.13. The SMILES string of the molecule is CCC/C=C/C=C/C=C/C=C/C=C/CCCCCCCC(=O)OCC(COCCC(C(=O)[O-])[N+](C)(C)C)OC(=O)CCCCCCCCCCCCCCCCCC. The van der Waals surface area contributed by atoms with E-state index in [2.05, 4.69) is 38.2 Å². The predicted octanol–water partition coefficient (Wildman–Crippen LogP) is 11.6. The molecular weight excluding hydrogens is 727 g/mol. The van der Waals surface area contributed by atoms with E-state index >= 15 is 0 Å². The Morgan fingerprint density at radius 2 is 0.948 bits per heavy atom. The van der Waals surface area contributed by atoms with Crippen molar-refractivity contribution in [1.82, 2.24) is 0 Å². The molecule has 0 saturated carbocycles. The van der Waals surface area contributed by atoms with Gasteiger partial charge in [0.15, 0.2) is 6.10 Å². The van der Waals surface area contributed by atoms with E-state index in [4.69, 9.17) is 14.2 Å². The lowest BCUT2D eigenvalue weighted by atomic mass is 10.0. The van der Waals surface area contributed by atoms with Crippen molar-refractivity contribution in [3.05, 3.63) is 60.8 Å². The van der Waals surface area contributed by atoms with Crippen LogP contribution in [0, 0.1) is 0 Å². The average molecular weight is 814 g/mol. The number of aliphatic carboxylic acids is 1. The quantitative estimate of drug-likeness (QED) is 0.0262. The summed E-state index contributed by atoms with van der Waals surface area (Å²) < 4.78 is 17.2. The molecule has 0 aromatic rings. The number of hydrogen-bond acceptors (Lipinski definition) is 7. The van der Waals surface area contributed by atoms with Gasteiger partial charge < -0.3 is 28.6 Å². The van der Waals surface area contributed by atoms with Crippen LogP contribution in [0.25, 0.3) is 0 Å². The van der Waals surface area contributed by atoms with Crippen molar-refractivity contribution in [2.75, 3.05) is 41.0 Å². The molecule has 0 radical (unpaired) electrons. The molecule has 58 heavy (non-hydrogen) atoms. The standard InChI is InChI=1S/C50H87NO7/c1-6-8-10-12-14-16-18-20-22-24-25-27-28-30-32-34-36-38-40-48(52)57-45-46(44-56-43-42-47(50(54)55)51(3,4)5)58-49(53)41-39-37-35-33-31-29-26-23-21-19-17-15-13-11-9-7-2/h10,12,14,16,18,20,22,24-25,27,46-47H,6-9,11,13,15,17,19,21,23,26,28-45H2,1-5H3/b12-10+,16-14+,20-18+,24-22+,27-25+. The van der Waals surface area contributed by atoms with Crippen LogP contribution < -0.4 is 5.11 Å². The van der Waals surface area contributed by atoms with Crippen LogP contribution in [0.5, 0.6) is 0 Å². The highest BCUT2D eigenvalue weighted by atomic mass is 16.6. The van der Waals surface area contributed by atoms with Gasteiger partial charge in [0.05, 0.1) is 40.3 Å². The Morgan fingerprint density at radius 3 is 1.41 bits per heavy atom. The fourth-order valence-corrected chi connectivity index (χ4v) is 6.63. The molecule has 0 aromatic heterocycles. The third-order valence-corrected chi connectivity index (χ3v) is 10.3. The first-order valence-corrected chi connectivity index (χ1v) is 23.4. The number of ether oxygens (including phenoxy) is 3. The zero-order chi connectivity index (χ0) is 42.8. The molecule has 8 heteroatoms. The van der Waals surface area contributed by atoms with Crippen molar-refractivity contribution >= 4 is 17.9 Å². The van der Waals surface area contributed by atoms with Crippen molar-refractivity contribution in [3.63, 3.8) is 0 Å². The average Bonchev–Trinajstić information content (AvgIpc) is 3.18. The van der Waals surface area contributed by atoms with Crippen LogP contribution in [-0.4, -0.2) is 75.5 Å². The molecule has 0 saturated heterocycles. The molecule has 0 aromatic carbocycles. The summed E-state index contributed by atoms with van der Waals surface area (Å²) in [7, 11) is 5.40. The molecule has 0 aliphatic carbocycles. The maximum Gasteiger partial charge on any atom is 0.306 e. The number of quaternary nitrogens is 1. The highest BCUT2D eigenvalue weighted by Crippen LogP contribution is 2.15. The van der Waals surface area contributed by atoms with Gasteiger partial charge in [0.25, 0.3) is 0 Å². The summed E-state index contributed by atoms with van der Waals surface area (Å²) in [4.78, 5) is 36.9. The molecule has 0 heterocycles. The molecule has 334 valence electrons. The maximum atomic E-state index is 12.7. The maximum absolute atomic E-state index is 12.7. The molecule has 0 fully saturated rings. The van der Waals surface area contributed by atoms with Gasteiger partial charge in [-0.05, 0) is 32.1 Å². The molecule has 0 bridgehead atoms. The van der Waals surface area contributed by atoms with Crippen molar-refractivity contribution in [1.29, 1.82) is 0 Å². The van der Waals surface area contributed by atoms with Gasteiger partial charge in [-0.15, -0.1) is 0 Å². The Balaban J connectivity index is 4.36. The van der Waals surface area contributed by atoms with E-state index in [0.717, 1.165) is 64.2 Å². The highest BCUT2D eigenvalue weighted by Gasteiger charge is 2.25. The van der Waals surface area contributed by atoms with Crippen molar-refractivity contribution in [2.24, 2.45) is 0 Å². The summed E-state index contributed by atoms with van der Waals surface area (Å²) in [5.74, 6) is -1.77. The second-order valence-electron chi connectivity index (χ2n) is 16.8. The van der Waals surface area contributed by atoms with E-state index in [9.17, 15) is 19.5 Å². The lowest BCUT2D eigenvalue weighted by molar-refractivity contribution is -0.889. The number of unbranched alkanes of at least 4 members (excludes halogenated alkanes) is 21. The van der Waals surface area contributed by atoms with Crippen LogP contribution in [0.3, 0.4) is 0 Å². The Bertz CT molecular complexity index is 1130. The van der Waals surface area contributed by atoms with E-state index < -0.39 is 18.1 Å². The fraction of sp³-hybridized carbons (Fsp3) is 0.740. The number of carboxylic acids is 1. The molecule has 0 aliphatic heterocycles. The van der Waals surface area contributed by atoms with Crippen LogP contribution in [-0.2, 0) is 28.6 Å². The monoisotopic (exact) mass is 814 g/mol. The lowest BCUT2D eigenvalue weighted by Gasteiger charge is -2.34. The van der Waals surface area contributed by atoms with E-state index in [-0.39, 0.29) is 42.7 Å². The molecule has 2 unspecified atom stereocenters. The number of nitrogens with zero attached hydrogens (tertiary/aromatic N) is 1. The van der Waals surface area contributed by atoms with Gasteiger partial charge in [0, 0.05) is 19.3 Å². The molecule has 2 atom stereocenters. The number of rotatable bonds is 41. The van der Waals surface area contributed by atoms with Gasteiger partial charge in [-0.25, -0.2) is 0 Å². The smallest absolute Gasteiger partial charge is 0.306 e. The summed E-state index contributed by atoms with van der Waals surface area (Å²) in [6.07, 6.45) is 49.5. The first kappa shape index (κ1) is 55.0. The molecule has 0 aliphatic rings. The number of carboxylic acid groups (broad SMARTS) is 1. The van der Waals surface area contributed by atoms with Crippen LogP contribution in [0.2, 0.25) is 0 Å². The Hall–Kier alpha value is -2.97. The van der Waals surface area contributed by atoms with E-state index in [0.29, 0.717) is 12.8 Å². The van der Waals surface area contributed by atoms with Crippen LogP contribution in [0.15, 0.2) is 60.8 Å². The molecule has 8 nitrogen and oxygen atoms in total. The summed E-state index contributed by atoms with van der Waals surface area (Å²) in [6, 6.07) is -0.731. The third kappa shape index (κ3) is 38.5. The van der Waals surface area contributed by atoms with Crippen molar-refractivity contribution < 1.29 is 38.2 Å². The van der Waals surface area contributed by atoms with Crippen LogP contribution >= 0.6 is 0 Å². The minimum absolute atomic E-state index is 0.0319. The normalized spacial score (nSPS) is 13.5. The fourth-order valence-electron chi connectivity index (χ4n) is 6.63. The molecular formula is C50H87NO7. The largest absolute Gasteiger partial charge is 0.544 e. The summed E-state index contributed by atoms with van der Waals surface area (Å²) >= 11 is 0. The second kappa shape index (κ2) is 40.8. The predicted molar refractivity (Wildman–Crippen MR) is 240 cm³/mol.